The van der Waals surface area contributed by atoms with Gasteiger partial charge in [0.25, 0.3) is 0 Å². The average molecular weight is 484 g/mol. The van der Waals surface area contributed by atoms with Crippen molar-refractivity contribution in [1.82, 2.24) is 4.98 Å². The predicted molar refractivity (Wildman–Crippen MR) is 131 cm³/mol. The fourth-order valence-electron chi connectivity index (χ4n) is 3.90. The molecule has 0 radical (unpaired) electrons. The van der Waals surface area contributed by atoms with Gasteiger partial charge in [0.05, 0.1) is 18.5 Å². The number of rotatable bonds is 9. The van der Waals surface area contributed by atoms with E-state index >= 15 is 4.39 Å². The van der Waals surface area contributed by atoms with Crippen molar-refractivity contribution in [1.29, 1.82) is 0 Å². The molecule has 0 fully saturated rings. The third-order valence-electron chi connectivity index (χ3n) is 5.81. The van der Waals surface area contributed by atoms with Gasteiger partial charge >= 0.3 is 0 Å². The maximum Gasteiger partial charge on any atom is 0.145 e. The molecule has 0 N–H and O–H groups in total. The van der Waals surface area contributed by atoms with Crippen LogP contribution in [0.25, 0.3) is 22.0 Å². The van der Waals surface area contributed by atoms with E-state index in [4.69, 9.17) is 16.3 Å². The minimum atomic E-state index is -0.812. The lowest BCUT2D eigenvalue weighted by Crippen LogP contribution is -1.98. The standard InChI is InChI=1S/C28H25ClF3NO/c1-2-3-4-13-34-22-10-12-26(33-17-22)21-9-11-23-20(16-21)8-7-19(28(23)32)6-5-18-14-24(30)27(29)25(31)15-18/h7-12,14-17H,2-6,13H2,1H3. The Morgan fingerprint density at radius 1 is 0.882 bits per heavy atom. The number of fused-ring (bicyclic) bond motifs is 1. The lowest BCUT2D eigenvalue weighted by atomic mass is 9.98. The molecule has 3 aromatic carbocycles. The maximum atomic E-state index is 15.2. The van der Waals surface area contributed by atoms with E-state index in [2.05, 4.69) is 11.9 Å². The van der Waals surface area contributed by atoms with Crippen molar-refractivity contribution in [2.45, 2.75) is 39.0 Å². The van der Waals surface area contributed by atoms with Gasteiger partial charge in [0.15, 0.2) is 0 Å². The van der Waals surface area contributed by atoms with Crippen LogP contribution in [0.4, 0.5) is 13.2 Å². The van der Waals surface area contributed by atoms with Crippen molar-refractivity contribution < 1.29 is 17.9 Å². The SMILES string of the molecule is CCCCCOc1ccc(-c2ccc3c(F)c(CCc4cc(F)c(Cl)c(F)c4)ccc3c2)nc1. The first-order valence-electron chi connectivity index (χ1n) is 11.4. The summed E-state index contributed by atoms with van der Waals surface area (Å²) in [5, 5.41) is 0.717. The molecule has 34 heavy (non-hydrogen) atoms. The molecule has 0 atom stereocenters. The summed E-state index contributed by atoms with van der Waals surface area (Å²) in [6.45, 7) is 2.83. The first kappa shape index (κ1) is 24.1. The number of aryl methyl sites for hydroxylation is 2. The van der Waals surface area contributed by atoms with E-state index in [0.717, 1.165) is 41.7 Å². The van der Waals surface area contributed by atoms with E-state index in [1.165, 1.54) is 12.1 Å². The fourth-order valence-corrected chi connectivity index (χ4v) is 4.01. The highest BCUT2D eigenvalue weighted by Crippen LogP contribution is 2.28. The van der Waals surface area contributed by atoms with E-state index < -0.39 is 16.7 Å². The van der Waals surface area contributed by atoms with Crippen LogP contribution in [0, 0.1) is 17.5 Å². The predicted octanol–water partition coefficient (Wildman–Crippen LogP) is 8.33. The van der Waals surface area contributed by atoms with Gasteiger partial charge < -0.3 is 4.74 Å². The first-order chi connectivity index (χ1) is 16.5. The summed E-state index contributed by atoms with van der Waals surface area (Å²) in [5.41, 5.74) is 2.57. The number of benzene rings is 3. The highest BCUT2D eigenvalue weighted by atomic mass is 35.5. The molecule has 0 unspecified atom stereocenters. The normalized spacial score (nSPS) is 11.2. The van der Waals surface area contributed by atoms with Gasteiger partial charge in [-0.3, -0.25) is 4.98 Å². The molecule has 176 valence electrons. The molecule has 0 aliphatic carbocycles. The molecule has 0 bridgehead atoms. The van der Waals surface area contributed by atoms with Crippen molar-refractivity contribution in [2.24, 2.45) is 0 Å². The second-order valence-corrected chi connectivity index (χ2v) is 8.66. The molecule has 2 nitrogen and oxygen atoms in total. The zero-order valence-electron chi connectivity index (χ0n) is 18.9. The Balaban J connectivity index is 1.48. The molecule has 4 rings (SSSR count). The Kier molecular flexibility index (Phi) is 7.73. The van der Waals surface area contributed by atoms with Crippen LogP contribution in [-0.4, -0.2) is 11.6 Å². The molecular weight excluding hydrogens is 459 g/mol. The van der Waals surface area contributed by atoms with Gasteiger partial charge in [0.2, 0.25) is 0 Å². The van der Waals surface area contributed by atoms with Crippen LogP contribution in [0.5, 0.6) is 5.75 Å². The monoisotopic (exact) mass is 483 g/mol. The van der Waals surface area contributed by atoms with Crippen LogP contribution in [-0.2, 0) is 12.8 Å². The van der Waals surface area contributed by atoms with Gasteiger partial charge in [-0.05, 0) is 66.1 Å². The summed E-state index contributed by atoms with van der Waals surface area (Å²) >= 11 is 5.53. The van der Waals surface area contributed by atoms with E-state index in [-0.39, 0.29) is 5.82 Å². The molecule has 0 saturated heterocycles. The summed E-state index contributed by atoms with van der Waals surface area (Å²) in [6, 6.07) is 15.2. The molecule has 0 amide bonds. The Bertz CT molecular complexity index is 1270. The van der Waals surface area contributed by atoms with Crippen LogP contribution in [0.2, 0.25) is 5.02 Å². The van der Waals surface area contributed by atoms with Gasteiger partial charge in [-0.25, -0.2) is 13.2 Å². The van der Waals surface area contributed by atoms with Crippen LogP contribution < -0.4 is 4.74 Å². The molecule has 6 heteroatoms. The van der Waals surface area contributed by atoms with Crippen molar-refractivity contribution in [3.8, 4) is 17.0 Å². The molecular formula is C28H25ClF3NO. The van der Waals surface area contributed by atoms with Gasteiger partial charge in [-0.2, -0.15) is 0 Å². The van der Waals surface area contributed by atoms with Crippen molar-refractivity contribution >= 4 is 22.4 Å². The lowest BCUT2D eigenvalue weighted by molar-refractivity contribution is 0.305. The minimum absolute atomic E-state index is 0.294. The molecule has 1 aromatic heterocycles. The lowest BCUT2D eigenvalue weighted by Gasteiger charge is -2.10. The highest BCUT2D eigenvalue weighted by molar-refractivity contribution is 6.30. The summed E-state index contributed by atoms with van der Waals surface area (Å²) < 4.78 is 48.2. The number of nitrogens with zero attached hydrogens (tertiary/aromatic N) is 1. The molecule has 1 heterocycles. The van der Waals surface area contributed by atoms with Gasteiger partial charge in [-0.15, -0.1) is 0 Å². The van der Waals surface area contributed by atoms with Gasteiger partial charge in [0.1, 0.15) is 28.2 Å². The second-order valence-electron chi connectivity index (χ2n) is 8.28. The van der Waals surface area contributed by atoms with Crippen LogP contribution >= 0.6 is 11.6 Å². The van der Waals surface area contributed by atoms with Crippen LogP contribution in [0.3, 0.4) is 0 Å². The van der Waals surface area contributed by atoms with Crippen molar-refractivity contribution in [3.63, 3.8) is 0 Å². The molecule has 0 aliphatic heterocycles. The summed E-state index contributed by atoms with van der Waals surface area (Å²) in [6.07, 6.45) is 5.61. The molecule has 0 spiro atoms. The number of unbranched alkanes of at least 4 members (excludes halogenated alkanes) is 2. The second kappa shape index (κ2) is 10.9. The first-order valence-corrected chi connectivity index (χ1v) is 11.8. The largest absolute Gasteiger partial charge is 0.492 e. The Labute approximate surface area is 202 Å². The number of hydrogen-bond acceptors (Lipinski definition) is 2. The number of pyridine rings is 1. The molecule has 0 saturated carbocycles. The fraction of sp³-hybridized carbons (Fsp3) is 0.250. The van der Waals surface area contributed by atoms with E-state index in [9.17, 15) is 8.78 Å². The van der Waals surface area contributed by atoms with Gasteiger partial charge in [-0.1, -0.05) is 55.6 Å². The van der Waals surface area contributed by atoms with Crippen molar-refractivity contribution in [3.05, 3.63) is 94.4 Å². The maximum absolute atomic E-state index is 15.2. The van der Waals surface area contributed by atoms with E-state index in [1.807, 2.05) is 30.3 Å². The zero-order valence-corrected chi connectivity index (χ0v) is 19.6. The number of halogens is 4. The minimum Gasteiger partial charge on any atom is -0.492 e. The average Bonchev–Trinajstić information content (AvgIpc) is 2.85. The summed E-state index contributed by atoms with van der Waals surface area (Å²) in [7, 11) is 0. The van der Waals surface area contributed by atoms with Crippen molar-refractivity contribution in [2.75, 3.05) is 6.61 Å². The smallest absolute Gasteiger partial charge is 0.145 e. The molecule has 4 aromatic rings. The molecule has 0 aliphatic rings. The zero-order chi connectivity index (χ0) is 24.1. The number of hydrogen-bond donors (Lipinski definition) is 0. The third kappa shape index (κ3) is 5.53. The number of ether oxygens (including phenoxy) is 1. The Hall–Kier alpha value is -3.05. The topological polar surface area (TPSA) is 22.1 Å². The van der Waals surface area contributed by atoms with E-state index in [1.54, 1.807) is 18.3 Å². The van der Waals surface area contributed by atoms with E-state index in [0.29, 0.717) is 36.0 Å². The third-order valence-corrected chi connectivity index (χ3v) is 6.17. The van der Waals surface area contributed by atoms with Gasteiger partial charge in [0, 0.05) is 10.9 Å². The summed E-state index contributed by atoms with van der Waals surface area (Å²) in [4.78, 5) is 4.49. The van der Waals surface area contributed by atoms with Crippen LogP contribution in [0.1, 0.15) is 37.3 Å². The van der Waals surface area contributed by atoms with Crippen LogP contribution in [0.15, 0.2) is 60.8 Å². The quantitative estimate of drug-likeness (QED) is 0.176. The number of aromatic nitrogens is 1. The Morgan fingerprint density at radius 3 is 2.38 bits per heavy atom. The Morgan fingerprint density at radius 2 is 1.68 bits per heavy atom. The summed E-state index contributed by atoms with van der Waals surface area (Å²) in [5.74, 6) is -1.22. The highest BCUT2D eigenvalue weighted by Gasteiger charge is 2.12.